The lowest BCUT2D eigenvalue weighted by Crippen LogP contribution is -1.99. The Kier molecular flexibility index (Phi) is 5.13. The molecule has 0 fully saturated rings. The highest BCUT2D eigenvalue weighted by atomic mass is 32.2. The van der Waals surface area contributed by atoms with Gasteiger partial charge in [-0.3, -0.25) is 9.89 Å². The Morgan fingerprint density at radius 3 is 3.13 bits per heavy atom. The Bertz CT molecular complexity index is 316. The molecule has 0 spiro atoms. The van der Waals surface area contributed by atoms with Crippen LogP contribution in [0.5, 0.6) is 0 Å². The van der Waals surface area contributed by atoms with Gasteiger partial charge < -0.3 is 9.84 Å². The standard InChI is InChI=1S/C8H13N3O3S/c1-2-14-4-3-6-9-8(11-10-6)15-5-7(12)13/h2-5H2,1H3,(H,12,13)(H,9,10,11). The topological polar surface area (TPSA) is 88.1 Å². The van der Waals surface area contributed by atoms with Gasteiger partial charge in [-0.1, -0.05) is 11.8 Å². The first-order chi connectivity index (χ1) is 7.22. The molecule has 0 aromatic carbocycles. The molecule has 0 saturated heterocycles. The predicted octanol–water partition coefficient (Wildman–Crippen LogP) is 0.560. The van der Waals surface area contributed by atoms with E-state index in [0.717, 1.165) is 17.6 Å². The Morgan fingerprint density at radius 2 is 2.47 bits per heavy atom. The van der Waals surface area contributed by atoms with Gasteiger partial charge >= 0.3 is 5.97 Å². The maximum Gasteiger partial charge on any atom is 0.313 e. The second-order valence-electron chi connectivity index (χ2n) is 2.69. The first-order valence-corrected chi connectivity index (χ1v) is 5.54. The number of rotatable bonds is 7. The summed E-state index contributed by atoms with van der Waals surface area (Å²) < 4.78 is 5.16. The maximum atomic E-state index is 10.3. The third-order valence-corrected chi connectivity index (χ3v) is 2.36. The minimum atomic E-state index is -0.874. The molecule has 0 radical (unpaired) electrons. The lowest BCUT2D eigenvalue weighted by Gasteiger charge is -1.96. The van der Waals surface area contributed by atoms with E-state index in [4.69, 9.17) is 9.84 Å². The van der Waals surface area contributed by atoms with Crippen LogP contribution >= 0.6 is 11.8 Å². The maximum absolute atomic E-state index is 10.3. The van der Waals surface area contributed by atoms with Crippen LogP contribution in [0.2, 0.25) is 0 Å². The van der Waals surface area contributed by atoms with E-state index in [1.54, 1.807) is 0 Å². The molecule has 0 unspecified atom stereocenters. The molecule has 0 aliphatic rings. The number of ether oxygens (including phenoxy) is 1. The molecule has 1 heterocycles. The molecule has 84 valence electrons. The summed E-state index contributed by atoms with van der Waals surface area (Å²) in [6.45, 7) is 3.19. The minimum Gasteiger partial charge on any atom is -0.481 e. The highest BCUT2D eigenvalue weighted by Crippen LogP contribution is 2.11. The van der Waals surface area contributed by atoms with Crippen LogP contribution in [0.1, 0.15) is 12.7 Å². The summed E-state index contributed by atoms with van der Waals surface area (Å²) in [5.41, 5.74) is 0. The number of nitrogens with zero attached hydrogens (tertiary/aromatic N) is 2. The van der Waals surface area contributed by atoms with Crippen LogP contribution in [0.3, 0.4) is 0 Å². The smallest absolute Gasteiger partial charge is 0.313 e. The van der Waals surface area contributed by atoms with Gasteiger partial charge in [0.2, 0.25) is 5.16 Å². The molecule has 7 heteroatoms. The van der Waals surface area contributed by atoms with E-state index < -0.39 is 5.97 Å². The predicted molar refractivity (Wildman–Crippen MR) is 54.9 cm³/mol. The zero-order chi connectivity index (χ0) is 11.1. The van der Waals surface area contributed by atoms with Gasteiger partial charge in [0.25, 0.3) is 0 Å². The van der Waals surface area contributed by atoms with Gasteiger partial charge in [-0.15, -0.1) is 5.10 Å². The van der Waals surface area contributed by atoms with Crippen molar-refractivity contribution in [1.82, 2.24) is 15.2 Å². The number of carboxylic acids is 1. The molecule has 0 bridgehead atoms. The van der Waals surface area contributed by atoms with Crippen molar-refractivity contribution in [1.29, 1.82) is 0 Å². The van der Waals surface area contributed by atoms with Gasteiger partial charge in [0.1, 0.15) is 5.82 Å². The summed E-state index contributed by atoms with van der Waals surface area (Å²) in [4.78, 5) is 14.4. The van der Waals surface area contributed by atoms with Crippen molar-refractivity contribution in [2.45, 2.75) is 18.5 Å². The molecular formula is C8H13N3O3S. The highest BCUT2D eigenvalue weighted by Gasteiger charge is 2.05. The van der Waals surface area contributed by atoms with E-state index in [0.29, 0.717) is 24.8 Å². The molecule has 15 heavy (non-hydrogen) atoms. The molecule has 1 rings (SSSR count). The summed E-state index contributed by atoms with van der Waals surface area (Å²) in [7, 11) is 0. The van der Waals surface area contributed by atoms with Crippen molar-refractivity contribution in [2.24, 2.45) is 0 Å². The number of carboxylic acid groups (broad SMARTS) is 1. The summed E-state index contributed by atoms with van der Waals surface area (Å²) in [5.74, 6) is -0.181. The second kappa shape index (κ2) is 6.41. The second-order valence-corrected chi connectivity index (χ2v) is 3.64. The number of thioether (sulfide) groups is 1. The van der Waals surface area contributed by atoms with Crippen molar-refractivity contribution in [3.05, 3.63) is 5.82 Å². The van der Waals surface area contributed by atoms with Crippen molar-refractivity contribution in [3.8, 4) is 0 Å². The van der Waals surface area contributed by atoms with Gasteiger partial charge in [-0.05, 0) is 6.92 Å². The lowest BCUT2D eigenvalue weighted by molar-refractivity contribution is -0.133. The number of aromatic amines is 1. The summed E-state index contributed by atoms with van der Waals surface area (Å²) in [6, 6.07) is 0. The summed E-state index contributed by atoms with van der Waals surface area (Å²) >= 11 is 1.09. The fourth-order valence-corrected chi connectivity index (χ4v) is 1.43. The van der Waals surface area contributed by atoms with E-state index in [1.165, 1.54) is 0 Å². The zero-order valence-corrected chi connectivity index (χ0v) is 9.21. The zero-order valence-electron chi connectivity index (χ0n) is 8.39. The molecule has 2 N–H and O–H groups in total. The fraction of sp³-hybridized carbons (Fsp3) is 0.625. The monoisotopic (exact) mass is 231 g/mol. The number of hydrogen-bond donors (Lipinski definition) is 2. The molecule has 0 saturated carbocycles. The average Bonchev–Trinajstić information content (AvgIpc) is 2.63. The Morgan fingerprint density at radius 1 is 1.67 bits per heavy atom. The van der Waals surface area contributed by atoms with Crippen LogP contribution in [0.25, 0.3) is 0 Å². The van der Waals surface area contributed by atoms with Crippen LogP contribution in [0, 0.1) is 0 Å². The Hall–Kier alpha value is -1.08. The molecule has 1 aromatic heterocycles. The van der Waals surface area contributed by atoms with Crippen molar-refractivity contribution in [3.63, 3.8) is 0 Å². The first-order valence-electron chi connectivity index (χ1n) is 4.56. The van der Waals surface area contributed by atoms with Gasteiger partial charge in [-0.2, -0.15) is 0 Å². The highest BCUT2D eigenvalue weighted by molar-refractivity contribution is 7.99. The van der Waals surface area contributed by atoms with E-state index >= 15 is 0 Å². The van der Waals surface area contributed by atoms with E-state index in [2.05, 4.69) is 15.2 Å². The molecular weight excluding hydrogens is 218 g/mol. The number of aliphatic carboxylic acids is 1. The van der Waals surface area contributed by atoms with Crippen molar-refractivity contribution in [2.75, 3.05) is 19.0 Å². The van der Waals surface area contributed by atoms with Crippen LogP contribution in [0.4, 0.5) is 0 Å². The van der Waals surface area contributed by atoms with Crippen LogP contribution < -0.4 is 0 Å². The van der Waals surface area contributed by atoms with E-state index in [9.17, 15) is 4.79 Å². The number of aromatic nitrogens is 3. The number of nitrogens with one attached hydrogen (secondary N) is 1. The number of H-pyrrole nitrogens is 1. The van der Waals surface area contributed by atoms with Crippen molar-refractivity contribution >= 4 is 17.7 Å². The fourth-order valence-electron chi connectivity index (χ4n) is 0.894. The van der Waals surface area contributed by atoms with Gasteiger partial charge in [0, 0.05) is 13.0 Å². The Balaban J connectivity index is 2.32. The molecule has 1 aromatic rings. The first kappa shape index (κ1) is 12.0. The van der Waals surface area contributed by atoms with Crippen LogP contribution in [-0.2, 0) is 16.0 Å². The summed E-state index contributed by atoms with van der Waals surface area (Å²) in [5, 5.41) is 15.5. The van der Waals surface area contributed by atoms with Crippen LogP contribution in [0.15, 0.2) is 5.16 Å². The van der Waals surface area contributed by atoms with Crippen LogP contribution in [-0.4, -0.2) is 45.2 Å². The van der Waals surface area contributed by atoms with E-state index in [1.807, 2.05) is 6.92 Å². The number of hydrogen-bond acceptors (Lipinski definition) is 5. The van der Waals surface area contributed by atoms with Gasteiger partial charge in [0.05, 0.1) is 12.4 Å². The summed E-state index contributed by atoms with van der Waals surface area (Å²) in [6.07, 6.45) is 0.661. The Labute approximate surface area is 91.4 Å². The lowest BCUT2D eigenvalue weighted by atomic mass is 10.4. The average molecular weight is 231 g/mol. The van der Waals surface area contributed by atoms with E-state index in [-0.39, 0.29) is 5.75 Å². The normalized spacial score (nSPS) is 10.5. The minimum absolute atomic E-state index is 0.0250. The van der Waals surface area contributed by atoms with Gasteiger partial charge in [0.15, 0.2) is 0 Å². The third-order valence-electron chi connectivity index (χ3n) is 1.52. The largest absolute Gasteiger partial charge is 0.481 e. The molecule has 0 amide bonds. The third kappa shape index (κ3) is 4.80. The molecule has 0 atom stereocenters. The molecule has 6 nitrogen and oxygen atoms in total. The van der Waals surface area contributed by atoms with Crippen molar-refractivity contribution < 1.29 is 14.6 Å². The van der Waals surface area contributed by atoms with Gasteiger partial charge in [-0.25, -0.2) is 4.98 Å². The molecule has 0 aliphatic heterocycles. The molecule has 0 aliphatic carbocycles. The quantitative estimate of drug-likeness (QED) is 0.526. The number of carbonyl (C=O) groups is 1. The SMILES string of the molecule is CCOCCc1nc(SCC(=O)O)n[nH]1.